The predicted octanol–water partition coefficient (Wildman–Crippen LogP) is 8.77. The molecule has 0 atom stereocenters. The molecule has 0 aliphatic heterocycles. The number of nitrogens with zero attached hydrogens (tertiary/aromatic N) is 2. The van der Waals surface area contributed by atoms with Gasteiger partial charge in [-0.05, 0) is 43.5 Å². The topological polar surface area (TPSA) is 17.8 Å². The lowest BCUT2D eigenvalue weighted by Gasteiger charge is -2.14. The van der Waals surface area contributed by atoms with E-state index in [0.717, 1.165) is 50.9 Å². The highest BCUT2D eigenvalue weighted by molar-refractivity contribution is 6.30. The molecule has 0 spiro atoms. The SMILES string of the molecule is CCc1ccc(-c2nc(-c3ccc(C)cc3)c(-c3ccc(C)cc3)n2Cc2cccc(Cl)c2)cc1. The summed E-state index contributed by atoms with van der Waals surface area (Å²) in [5, 5.41) is 0.743. The van der Waals surface area contributed by atoms with Gasteiger partial charge in [0.2, 0.25) is 0 Å². The minimum absolute atomic E-state index is 0.674. The van der Waals surface area contributed by atoms with Gasteiger partial charge in [0, 0.05) is 28.3 Å². The zero-order valence-electron chi connectivity index (χ0n) is 20.4. The van der Waals surface area contributed by atoms with Crippen molar-refractivity contribution in [2.45, 2.75) is 33.7 Å². The first kappa shape index (κ1) is 23.1. The van der Waals surface area contributed by atoms with E-state index in [4.69, 9.17) is 16.6 Å². The van der Waals surface area contributed by atoms with Gasteiger partial charge < -0.3 is 4.57 Å². The molecule has 35 heavy (non-hydrogen) atoms. The maximum Gasteiger partial charge on any atom is 0.141 e. The summed E-state index contributed by atoms with van der Waals surface area (Å²) < 4.78 is 2.34. The van der Waals surface area contributed by atoms with E-state index >= 15 is 0 Å². The molecule has 0 aliphatic rings. The molecule has 0 N–H and O–H groups in total. The molecular weight excluding hydrogens is 448 g/mol. The van der Waals surface area contributed by atoms with Gasteiger partial charge in [0.15, 0.2) is 0 Å². The maximum absolute atomic E-state index is 6.37. The van der Waals surface area contributed by atoms with Crippen molar-refractivity contribution in [2.75, 3.05) is 0 Å². The third-order valence-electron chi connectivity index (χ3n) is 6.47. The van der Waals surface area contributed by atoms with Crippen LogP contribution in [0.1, 0.15) is 29.2 Å². The van der Waals surface area contributed by atoms with Crippen LogP contribution in [0.4, 0.5) is 0 Å². The second-order valence-corrected chi connectivity index (χ2v) is 9.57. The fourth-order valence-corrected chi connectivity index (χ4v) is 4.66. The van der Waals surface area contributed by atoms with E-state index in [9.17, 15) is 0 Å². The fourth-order valence-electron chi connectivity index (χ4n) is 4.45. The Hall–Kier alpha value is -3.62. The molecule has 1 aromatic heterocycles. The Morgan fingerprint density at radius 3 is 1.89 bits per heavy atom. The van der Waals surface area contributed by atoms with Crippen LogP contribution in [0, 0.1) is 13.8 Å². The standard InChI is InChI=1S/C32H29ClN2/c1-4-24-12-18-28(19-13-24)32-34-30(26-14-8-22(2)9-15-26)31(27-16-10-23(3)11-17-27)35(32)21-25-6-5-7-29(33)20-25/h5-20H,4,21H2,1-3H3. The summed E-state index contributed by atoms with van der Waals surface area (Å²) in [5.41, 5.74) is 10.4. The summed E-state index contributed by atoms with van der Waals surface area (Å²) >= 11 is 6.37. The average molecular weight is 477 g/mol. The van der Waals surface area contributed by atoms with Crippen LogP contribution in [0.25, 0.3) is 33.9 Å². The van der Waals surface area contributed by atoms with Crippen molar-refractivity contribution in [3.05, 3.63) is 124 Å². The quantitative estimate of drug-likeness (QED) is 0.239. The predicted molar refractivity (Wildman–Crippen MR) is 148 cm³/mol. The lowest BCUT2D eigenvalue weighted by molar-refractivity contribution is 0.814. The Labute approximate surface area is 212 Å². The van der Waals surface area contributed by atoms with Crippen LogP contribution in [0.2, 0.25) is 5.02 Å². The van der Waals surface area contributed by atoms with Crippen molar-refractivity contribution in [1.82, 2.24) is 9.55 Å². The van der Waals surface area contributed by atoms with Crippen LogP contribution < -0.4 is 0 Å². The zero-order chi connectivity index (χ0) is 24.4. The Bertz CT molecular complexity index is 1440. The minimum atomic E-state index is 0.674. The Morgan fingerprint density at radius 2 is 1.29 bits per heavy atom. The highest BCUT2D eigenvalue weighted by Crippen LogP contribution is 2.37. The maximum atomic E-state index is 6.37. The van der Waals surface area contributed by atoms with Crippen molar-refractivity contribution in [2.24, 2.45) is 0 Å². The number of rotatable bonds is 6. The van der Waals surface area contributed by atoms with E-state index in [1.807, 2.05) is 18.2 Å². The molecule has 174 valence electrons. The number of hydrogen-bond acceptors (Lipinski definition) is 1. The number of halogens is 1. The molecule has 0 saturated carbocycles. The van der Waals surface area contributed by atoms with E-state index in [-0.39, 0.29) is 0 Å². The monoisotopic (exact) mass is 476 g/mol. The first-order valence-electron chi connectivity index (χ1n) is 12.1. The molecule has 0 fully saturated rings. The van der Waals surface area contributed by atoms with E-state index in [1.54, 1.807) is 0 Å². The minimum Gasteiger partial charge on any atom is -0.319 e. The molecule has 1 heterocycles. The average Bonchev–Trinajstić information content (AvgIpc) is 3.24. The summed E-state index contributed by atoms with van der Waals surface area (Å²) in [6, 6.07) is 34.2. The highest BCUT2D eigenvalue weighted by atomic mass is 35.5. The molecule has 5 rings (SSSR count). The third-order valence-corrected chi connectivity index (χ3v) is 6.70. The Morgan fingerprint density at radius 1 is 0.686 bits per heavy atom. The van der Waals surface area contributed by atoms with Gasteiger partial charge in [-0.1, -0.05) is 115 Å². The molecule has 0 bridgehead atoms. The van der Waals surface area contributed by atoms with Gasteiger partial charge >= 0.3 is 0 Å². The Kier molecular flexibility index (Phi) is 6.57. The number of aryl methyl sites for hydroxylation is 3. The number of imidazole rings is 1. The third kappa shape index (κ3) is 4.94. The number of aromatic nitrogens is 2. The molecule has 0 unspecified atom stereocenters. The van der Waals surface area contributed by atoms with Crippen LogP contribution in [0.5, 0.6) is 0 Å². The van der Waals surface area contributed by atoms with Crippen molar-refractivity contribution >= 4 is 11.6 Å². The second-order valence-electron chi connectivity index (χ2n) is 9.13. The summed E-state index contributed by atoms with van der Waals surface area (Å²) in [4.78, 5) is 5.28. The molecule has 5 aromatic rings. The van der Waals surface area contributed by atoms with Crippen LogP contribution >= 0.6 is 11.6 Å². The van der Waals surface area contributed by atoms with E-state index in [1.165, 1.54) is 16.7 Å². The summed E-state index contributed by atoms with van der Waals surface area (Å²) in [6.07, 6.45) is 1.01. The molecule has 0 amide bonds. The van der Waals surface area contributed by atoms with Gasteiger partial charge in [-0.3, -0.25) is 0 Å². The van der Waals surface area contributed by atoms with Crippen molar-refractivity contribution < 1.29 is 0 Å². The van der Waals surface area contributed by atoms with Crippen LogP contribution in [0.3, 0.4) is 0 Å². The summed E-state index contributed by atoms with van der Waals surface area (Å²) in [6.45, 7) is 7.09. The molecule has 4 aromatic carbocycles. The molecule has 0 saturated heterocycles. The fraction of sp³-hybridized carbons (Fsp3) is 0.156. The van der Waals surface area contributed by atoms with Crippen LogP contribution in [-0.4, -0.2) is 9.55 Å². The van der Waals surface area contributed by atoms with Crippen molar-refractivity contribution in [1.29, 1.82) is 0 Å². The van der Waals surface area contributed by atoms with Gasteiger partial charge in [-0.15, -0.1) is 0 Å². The first-order chi connectivity index (χ1) is 17.0. The lowest BCUT2D eigenvalue weighted by Crippen LogP contribution is -2.05. The van der Waals surface area contributed by atoms with Gasteiger partial charge in [-0.2, -0.15) is 0 Å². The van der Waals surface area contributed by atoms with Crippen LogP contribution in [-0.2, 0) is 13.0 Å². The second kappa shape index (κ2) is 9.93. The van der Waals surface area contributed by atoms with Crippen LogP contribution in [0.15, 0.2) is 97.1 Å². The Balaban J connectivity index is 1.78. The molecule has 0 aliphatic carbocycles. The highest BCUT2D eigenvalue weighted by Gasteiger charge is 2.21. The number of benzene rings is 4. The van der Waals surface area contributed by atoms with E-state index < -0.39 is 0 Å². The zero-order valence-corrected chi connectivity index (χ0v) is 21.2. The number of hydrogen-bond donors (Lipinski definition) is 0. The first-order valence-corrected chi connectivity index (χ1v) is 12.5. The summed E-state index contributed by atoms with van der Waals surface area (Å²) in [7, 11) is 0. The lowest BCUT2D eigenvalue weighted by atomic mass is 10.0. The molecular formula is C32H29ClN2. The van der Waals surface area contributed by atoms with Gasteiger partial charge in [0.1, 0.15) is 5.82 Å². The van der Waals surface area contributed by atoms with E-state index in [0.29, 0.717) is 6.54 Å². The van der Waals surface area contributed by atoms with Gasteiger partial charge in [-0.25, -0.2) is 4.98 Å². The van der Waals surface area contributed by atoms with E-state index in [2.05, 4.69) is 104 Å². The van der Waals surface area contributed by atoms with Gasteiger partial charge in [0.25, 0.3) is 0 Å². The summed E-state index contributed by atoms with van der Waals surface area (Å²) in [5.74, 6) is 0.957. The molecule has 2 nitrogen and oxygen atoms in total. The van der Waals surface area contributed by atoms with Gasteiger partial charge in [0.05, 0.1) is 11.4 Å². The molecule has 0 radical (unpaired) electrons. The van der Waals surface area contributed by atoms with Crippen molar-refractivity contribution in [3.8, 4) is 33.9 Å². The van der Waals surface area contributed by atoms with Crippen molar-refractivity contribution in [3.63, 3.8) is 0 Å². The smallest absolute Gasteiger partial charge is 0.141 e. The largest absolute Gasteiger partial charge is 0.319 e. The molecule has 3 heteroatoms. The normalized spacial score (nSPS) is 11.1.